The highest BCUT2D eigenvalue weighted by Gasteiger charge is 2.65. The van der Waals surface area contributed by atoms with Gasteiger partial charge in [0.25, 0.3) is 5.69 Å². The summed E-state index contributed by atoms with van der Waals surface area (Å²) in [6, 6.07) is 3.95. The first-order chi connectivity index (χ1) is 9.88. The van der Waals surface area contributed by atoms with Gasteiger partial charge in [-0.05, 0) is 56.3 Å². The van der Waals surface area contributed by atoms with Gasteiger partial charge in [0.05, 0.1) is 5.92 Å². The third kappa shape index (κ3) is 1.99. The van der Waals surface area contributed by atoms with Crippen molar-refractivity contribution in [2.45, 2.75) is 44.7 Å². The van der Waals surface area contributed by atoms with Crippen LogP contribution in [0.3, 0.4) is 0 Å². The van der Waals surface area contributed by atoms with Gasteiger partial charge in [-0.25, -0.2) is 0 Å². The smallest absolute Gasteiger partial charge is 0.0842 e. The van der Waals surface area contributed by atoms with Gasteiger partial charge in [-0.2, -0.15) is 0 Å². The van der Waals surface area contributed by atoms with E-state index in [9.17, 15) is 0 Å². The molecule has 112 valence electrons. The van der Waals surface area contributed by atoms with E-state index in [1.165, 1.54) is 19.3 Å². The summed E-state index contributed by atoms with van der Waals surface area (Å²) in [6.07, 6.45) is 3.98. The fourth-order valence-electron chi connectivity index (χ4n) is 4.97. The Morgan fingerprint density at radius 2 is 1.71 bits per heavy atom. The van der Waals surface area contributed by atoms with Crippen molar-refractivity contribution < 1.29 is 4.70 Å². The van der Waals surface area contributed by atoms with E-state index in [0.29, 0.717) is 32.9 Å². The molecule has 2 bridgehead atoms. The molecule has 2 saturated carbocycles. The molecule has 4 atom stereocenters. The number of hydrogen-bond donors (Lipinski definition) is 0. The Balaban J connectivity index is 1.86. The van der Waals surface area contributed by atoms with Gasteiger partial charge >= 0.3 is 0 Å². The Morgan fingerprint density at radius 3 is 2.38 bits per heavy atom. The minimum absolute atomic E-state index is 0.0448. The Hall–Kier alpha value is -0.310. The molecule has 0 aromatic heterocycles. The fraction of sp³-hybridized carbons (Fsp3) is 0.625. The Morgan fingerprint density at radius 1 is 1.10 bits per heavy atom. The molecule has 0 spiro atoms. The van der Waals surface area contributed by atoms with Crippen molar-refractivity contribution in [1.82, 2.24) is 0 Å². The van der Waals surface area contributed by atoms with Crippen LogP contribution < -0.4 is 0 Å². The first-order valence-corrected chi connectivity index (χ1v) is 8.68. The normalized spacial score (nSPS) is 36.0. The topological polar surface area (TPSA) is 15.4 Å². The van der Waals surface area contributed by atoms with Crippen molar-refractivity contribution >= 4 is 40.5 Å². The number of hydrogen-bond acceptors (Lipinski definition) is 1. The standard InChI is InChI=1S/C16H18Cl3N2/c1-16(2)13-8-3-4-9(5-8)14(13)21(20-16)15-11(18)6-10(17)7-12(15)19/h6-9,13-14H,3-5H2,1-2H3/q+1/t8-,9+,13+,14-/m0/s1. The predicted molar refractivity (Wildman–Crippen MR) is 86.0 cm³/mol. The monoisotopic (exact) mass is 343 g/mol. The zero-order valence-corrected chi connectivity index (χ0v) is 14.4. The summed E-state index contributed by atoms with van der Waals surface area (Å²) in [7, 11) is 0. The van der Waals surface area contributed by atoms with E-state index in [-0.39, 0.29) is 5.54 Å². The Bertz CT molecular complexity index is 630. The lowest BCUT2D eigenvalue weighted by molar-refractivity contribution is -0.549. The summed E-state index contributed by atoms with van der Waals surface area (Å²) >= 11 is 18.9. The van der Waals surface area contributed by atoms with Gasteiger partial charge in [-0.15, -0.1) is 0 Å². The lowest BCUT2D eigenvalue weighted by atomic mass is 9.75. The van der Waals surface area contributed by atoms with Crippen LogP contribution in [-0.4, -0.2) is 16.3 Å². The minimum atomic E-state index is -0.0448. The molecule has 0 radical (unpaired) electrons. The highest BCUT2D eigenvalue weighted by Crippen LogP contribution is 2.59. The van der Waals surface area contributed by atoms with Crippen LogP contribution in [0.1, 0.15) is 33.1 Å². The second-order valence-electron chi connectivity index (χ2n) is 7.17. The summed E-state index contributed by atoms with van der Waals surface area (Å²) in [5, 5.41) is 6.74. The quantitative estimate of drug-likeness (QED) is 0.559. The minimum Gasteiger partial charge on any atom is -0.0842 e. The van der Waals surface area contributed by atoms with Crippen LogP contribution in [0.15, 0.2) is 17.2 Å². The van der Waals surface area contributed by atoms with Crippen molar-refractivity contribution in [1.29, 1.82) is 0 Å². The highest BCUT2D eigenvalue weighted by molar-refractivity contribution is 6.41. The summed E-state index contributed by atoms with van der Waals surface area (Å²) in [4.78, 5) is 0. The number of benzene rings is 1. The van der Waals surface area contributed by atoms with E-state index in [0.717, 1.165) is 11.6 Å². The van der Waals surface area contributed by atoms with Gasteiger partial charge in [0, 0.05) is 10.9 Å². The molecule has 1 heterocycles. The molecule has 4 rings (SSSR count). The molecule has 2 nitrogen and oxygen atoms in total. The van der Waals surface area contributed by atoms with Crippen LogP contribution in [0.2, 0.25) is 15.1 Å². The molecule has 1 aliphatic heterocycles. The lowest BCUT2D eigenvalue weighted by Crippen LogP contribution is -2.38. The Labute approximate surface area is 140 Å². The number of rotatable bonds is 1. The van der Waals surface area contributed by atoms with Crippen molar-refractivity contribution in [3.63, 3.8) is 0 Å². The van der Waals surface area contributed by atoms with Crippen molar-refractivity contribution in [2.24, 2.45) is 22.9 Å². The van der Waals surface area contributed by atoms with Gasteiger partial charge in [0.15, 0.2) is 6.04 Å². The number of nitrogens with zero attached hydrogens (tertiary/aromatic N) is 2. The molecule has 2 aliphatic carbocycles. The van der Waals surface area contributed by atoms with Crippen LogP contribution in [0.25, 0.3) is 0 Å². The van der Waals surface area contributed by atoms with Gasteiger partial charge in [-0.1, -0.05) is 39.5 Å². The predicted octanol–water partition coefficient (Wildman–Crippen LogP) is 5.95. The van der Waals surface area contributed by atoms with E-state index in [4.69, 9.17) is 39.9 Å². The van der Waals surface area contributed by atoms with Gasteiger partial charge in [0.2, 0.25) is 0 Å². The molecule has 1 aromatic rings. The zero-order chi connectivity index (χ0) is 14.9. The van der Waals surface area contributed by atoms with Crippen LogP contribution in [0.4, 0.5) is 5.69 Å². The second-order valence-corrected chi connectivity index (χ2v) is 8.42. The number of fused-ring (bicyclic) bond motifs is 5. The van der Waals surface area contributed by atoms with Gasteiger partial charge in [-0.3, -0.25) is 0 Å². The first-order valence-electron chi connectivity index (χ1n) is 7.55. The SMILES string of the molecule is CC1(C)N=[N+](c2c(Cl)cc(Cl)cc2Cl)[C@H]2[C@@H]3CC[C@@H](C3)[C@H]21. The molecule has 0 unspecified atom stereocenters. The number of azo groups is 2. The molecule has 21 heavy (non-hydrogen) atoms. The fourth-order valence-corrected chi connectivity index (χ4v) is 5.96. The van der Waals surface area contributed by atoms with E-state index in [2.05, 4.69) is 18.5 Å². The molecular formula is C16H18Cl3N2+. The first kappa shape index (κ1) is 14.3. The highest BCUT2D eigenvalue weighted by atomic mass is 35.5. The molecular weight excluding hydrogens is 327 g/mol. The average Bonchev–Trinajstić information content (AvgIpc) is 3.01. The molecule has 0 saturated heterocycles. The summed E-state index contributed by atoms with van der Waals surface area (Å²) in [5.74, 6) is 2.13. The third-order valence-corrected chi connectivity index (χ3v) is 6.34. The van der Waals surface area contributed by atoms with E-state index >= 15 is 0 Å². The van der Waals surface area contributed by atoms with Crippen molar-refractivity contribution in [3.05, 3.63) is 27.2 Å². The van der Waals surface area contributed by atoms with Gasteiger partial charge in [0.1, 0.15) is 15.6 Å². The maximum Gasteiger partial charge on any atom is 0.268 e. The van der Waals surface area contributed by atoms with Crippen molar-refractivity contribution in [2.75, 3.05) is 0 Å². The second kappa shape index (κ2) is 4.59. The molecule has 1 aromatic carbocycles. The van der Waals surface area contributed by atoms with Crippen molar-refractivity contribution in [3.8, 4) is 0 Å². The summed E-state index contributed by atoms with van der Waals surface area (Å²) in [6.45, 7) is 4.48. The molecule has 5 heteroatoms. The van der Waals surface area contributed by atoms with Crippen LogP contribution in [0.5, 0.6) is 0 Å². The molecule has 3 aliphatic rings. The largest absolute Gasteiger partial charge is 0.268 e. The van der Waals surface area contributed by atoms with Crippen LogP contribution >= 0.6 is 34.8 Å². The average molecular weight is 345 g/mol. The van der Waals surface area contributed by atoms with E-state index in [1.54, 1.807) is 12.1 Å². The van der Waals surface area contributed by atoms with E-state index < -0.39 is 0 Å². The van der Waals surface area contributed by atoms with E-state index in [1.807, 2.05) is 0 Å². The van der Waals surface area contributed by atoms with Crippen LogP contribution in [-0.2, 0) is 0 Å². The molecule has 0 amide bonds. The number of halogens is 3. The maximum absolute atomic E-state index is 6.43. The lowest BCUT2D eigenvalue weighted by Gasteiger charge is -2.27. The molecule has 2 fully saturated rings. The van der Waals surface area contributed by atoms with Gasteiger partial charge < -0.3 is 0 Å². The third-order valence-electron chi connectivity index (χ3n) is 5.55. The zero-order valence-electron chi connectivity index (χ0n) is 12.1. The molecule has 0 N–H and O–H groups in total. The summed E-state index contributed by atoms with van der Waals surface area (Å²) in [5.41, 5.74) is 0.785. The Kier molecular flexibility index (Phi) is 3.13. The maximum atomic E-state index is 6.43. The summed E-state index contributed by atoms with van der Waals surface area (Å²) < 4.78 is 2.12. The van der Waals surface area contributed by atoms with Crippen LogP contribution in [0, 0.1) is 17.8 Å².